The molecule has 0 aromatic carbocycles. The summed E-state index contributed by atoms with van der Waals surface area (Å²) in [5.41, 5.74) is 1.81. The molecule has 0 aliphatic rings. The molecule has 0 spiro atoms. The fraction of sp³-hybridized carbons (Fsp3) is 0.529. The molecule has 2 heterocycles. The van der Waals surface area contributed by atoms with Crippen molar-refractivity contribution in [2.75, 3.05) is 19.7 Å². The Hall–Kier alpha value is -1.88. The van der Waals surface area contributed by atoms with Crippen molar-refractivity contribution >= 4 is 16.9 Å². The van der Waals surface area contributed by atoms with Crippen LogP contribution in [-0.4, -0.2) is 45.6 Å². The van der Waals surface area contributed by atoms with Crippen LogP contribution in [0.1, 0.15) is 32.8 Å². The molecule has 1 amide bonds. The van der Waals surface area contributed by atoms with Gasteiger partial charge in [0.15, 0.2) is 0 Å². The van der Waals surface area contributed by atoms with Gasteiger partial charge in [-0.25, -0.2) is 4.98 Å². The Balaban J connectivity index is 2.12. The van der Waals surface area contributed by atoms with Gasteiger partial charge in [0.1, 0.15) is 5.65 Å². The van der Waals surface area contributed by atoms with Crippen molar-refractivity contribution in [3.8, 4) is 0 Å². The van der Waals surface area contributed by atoms with Gasteiger partial charge in [-0.2, -0.15) is 0 Å². The van der Waals surface area contributed by atoms with Gasteiger partial charge in [0, 0.05) is 37.5 Å². The molecule has 0 bridgehead atoms. The van der Waals surface area contributed by atoms with Gasteiger partial charge in [0.2, 0.25) is 5.91 Å². The predicted molar refractivity (Wildman–Crippen MR) is 87.5 cm³/mol. The minimum absolute atomic E-state index is 0.0346. The maximum absolute atomic E-state index is 12.6. The SMILES string of the molecule is CC(C)(C)CN(CCCO)C(=O)Cc1c[nH]c2ncccc12. The molecule has 0 radical (unpaired) electrons. The topological polar surface area (TPSA) is 69.2 Å². The monoisotopic (exact) mass is 303 g/mol. The van der Waals surface area contributed by atoms with Crippen molar-refractivity contribution in [3.05, 3.63) is 30.1 Å². The molecule has 0 aliphatic heterocycles. The predicted octanol–water partition coefficient (Wildman–Crippen LogP) is 2.36. The Morgan fingerprint density at radius 1 is 1.41 bits per heavy atom. The maximum atomic E-state index is 12.6. The van der Waals surface area contributed by atoms with E-state index in [9.17, 15) is 4.79 Å². The summed E-state index contributed by atoms with van der Waals surface area (Å²) in [6.45, 7) is 7.72. The molecule has 0 aliphatic carbocycles. The number of carbonyl (C=O) groups excluding carboxylic acids is 1. The number of rotatable bonds is 6. The molecule has 120 valence electrons. The van der Waals surface area contributed by atoms with Crippen LogP contribution in [0.25, 0.3) is 11.0 Å². The van der Waals surface area contributed by atoms with E-state index >= 15 is 0 Å². The van der Waals surface area contributed by atoms with Crippen LogP contribution in [0.3, 0.4) is 0 Å². The number of nitrogens with zero attached hydrogens (tertiary/aromatic N) is 2. The van der Waals surface area contributed by atoms with Crippen LogP contribution in [-0.2, 0) is 11.2 Å². The quantitative estimate of drug-likeness (QED) is 0.860. The maximum Gasteiger partial charge on any atom is 0.227 e. The molecule has 0 saturated carbocycles. The zero-order valence-electron chi connectivity index (χ0n) is 13.6. The van der Waals surface area contributed by atoms with Gasteiger partial charge in [0.05, 0.1) is 6.42 Å². The number of hydrogen-bond donors (Lipinski definition) is 2. The van der Waals surface area contributed by atoms with Gasteiger partial charge < -0.3 is 15.0 Å². The van der Waals surface area contributed by atoms with E-state index < -0.39 is 0 Å². The molecule has 0 saturated heterocycles. The molecule has 5 nitrogen and oxygen atoms in total. The molecular formula is C17H25N3O2. The standard InChI is InChI=1S/C17H25N3O2/c1-17(2,3)12-20(8-5-9-21)15(22)10-13-11-19-16-14(13)6-4-7-18-16/h4,6-7,11,21H,5,8-10,12H2,1-3H3,(H,18,19). The number of pyridine rings is 1. The van der Waals surface area contributed by atoms with Gasteiger partial charge >= 0.3 is 0 Å². The third-order valence-electron chi connectivity index (χ3n) is 3.48. The van der Waals surface area contributed by atoms with Crippen LogP contribution in [0.15, 0.2) is 24.5 Å². The minimum Gasteiger partial charge on any atom is -0.396 e. The number of carbonyl (C=O) groups is 1. The molecule has 2 rings (SSSR count). The third kappa shape index (κ3) is 4.31. The first-order valence-corrected chi connectivity index (χ1v) is 7.70. The molecule has 22 heavy (non-hydrogen) atoms. The number of H-pyrrole nitrogens is 1. The number of aliphatic hydroxyl groups is 1. The second kappa shape index (κ2) is 6.92. The van der Waals surface area contributed by atoms with Gasteiger partial charge in [-0.05, 0) is 29.5 Å². The van der Waals surface area contributed by atoms with Gasteiger partial charge in [-0.1, -0.05) is 20.8 Å². The van der Waals surface area contributed by atoms with Crippen LogP contribution >= 0.6 is 0 Å². The lowest BCUT2D eigenvalue weighted by Crippen LogP contribution is -2.39. The number of aromatic amines is 1. The first-order chi connectivity index (χ1) is 10.4. The third-order valence-corrected chi connectivity index (χ3v) is 3.48. The summed E-state index contributed by atoms with van der Waals surface area (Å²) in [4.78, 5) is 21.9. The number of nitrogens with one attached hydrogen (secondary N) is 1. The van der Waals surface area contributed by atoms with Crippen LogP contribution in [0.4, 0.5) is 0 Å². The van der Waals surface area contributed by atoms with E-state index in [1.54, 1.807) is 6.20 Å². The Labute approximate surface area is 131 Å². The number of hydrogen-bond acceptors (Lipinski definition) is 3. The van der Waals surface area contributed by atoms with Crippen molar-refractivity contribution in [2.45, 2.75) is 33.6 Å². The molecular weight excluding hydrogens is 278 g/mol. The van der Waals surface area contributed by atoms with Crippen molar-refractivity contribution in [2.24, 2.45) is 5.41 Å². The summed E-state index contributed by atoms with van der Waals surface area (Å²) < 4.78 is 0. The normalized spacial score (nSPS) is 11.8. The van der Waals surface area contributed by atoms with Crippen molar-refractivity contribution < 1.29 is 9.90 Å². The zero-order valence-corrected chi connectivity index (χ0v) is 13.6. The summed E-state index contributed by atoms with van der Waals surface area (Å²) in [5.74, 6) is 0.0909. The Kier molecular flexibility index (Phi) is 5.19. The summed E-state index contributed by atoms with van der Waals surface area (Å²) in [7, 11) is 0. The minimum atomic E-state index is 0.0346. The highest BCUT2D eigenvalue weighted by molar-refractivity contribution is 5.87. The average Bonchev–Trinajstić information content (AvgIpc) is 2.85. The molecule has 2 aromatic rings. The van der Waals surface area contributed by atoms with Crippen molar-refractivity contribution in [1.29, 1.82) is 0 Å². The van der Waals surface area contributed by atoms with Gasteiger partial charge in [-0.15, -0.1) is 0 Å². The van der Waals surface area contributed by atoms with E-state index in [0.29, 0.717) is 25.9 Å². The number of fused-ring (bicyclic) bond motifs is 1. The lowest BCUT2D eigenvalue weighted by atomic mass is 9.95. The van der Waals surface area contributed by atoms with Crippen LogP contribution < -0.4 is 0 Å². The van der Waals surface area contributed by atoms with E-state index in [1.807, 2.05) is 23.2 Å². The largest absolute Gasteiger partial charge is 0.396 e. The fourth-order valence-electron chi connectivity index (χ4n) is 2.56. The number of amides is 1. The van der Waals surface area contributed by atoms with Crippen LogP contribution in [0, 0.1) is 5.41 Å². The molecule has 0 atom stereocenters. The summed E-state index contributed by atoms with van der Waals surface area (Å²) in [5, 5.41) is 10.0. The summed E-state index contributed by atoms with van der Waals surface area (Å²) in [6, 6.07) is 3.85. The smallest absolute Gasteiger partial charge is 0.227 e. The van der Waals surface area contributed by atoms with E-state index in [2.05, 4.69) is 30.7 Å². The molecule has 2 aromatic heterocycles. The highest BCUT2D eigenvalue weighted by Gasteiger charge is 2.21. The van der Waals surface area contributed by atoms with Crippen LogP contribution in [0.2, 0.25) is 0 Å². The van der Waals surface area contributed by atoms with Gasteiger partial charge in [-0.3, -0.25) is 4.79 Å². The molecule has 5 heteroatoms. The van der Waals surface area contributed by atoms with Crippen molar-refractivity contribution in [1.82, 2.24) is 14.9 Å². The number of aromatic nitrogens is 2. The molecule has 2 N–H and O–H groups in total. The fourth-order valence-corrected chi connectivity index (χ4v) is 2.56. The van der Waals surface area contributed by atoms with Crippen LogP contribution in [0.5, 0.6) is 0 Å². The van der Waals surface area contributed by atoms with Crippen molar-refractivity contribution in [3.63, 3.8) is 0 Å². The lowest BCUT2D eigenvalue weighted by Gasteiger charge is -2.30. The second-order valence-corrected chi connectivity index (χ2v) is 6.84. The highest BCUT2D eigenvalue weighted by atomic mass is 16.3. The first-order valence-electron chi connectivity index (χ1n) is 7.70. The Morgan fingerprint density at radius 2 is 2.18 bits per heavy atom. The lowest BCUT2D eigenvalue weighted by molar-refractivity contribution is -0.131. The Bertz CT molecular complexity index is 628. The van der Waals surface area contributed by atoms with E-state index in [1.165, 1.54) is 0 Å². The average molecular weight is 303 g/mol. The van der Waals surface area contributed by atoms with E-state index in [4.69, 9.17) is 5.11 Å². The van der Waals surface area contributed by atoms with E-state index in [-0.39, 0.29) is 17.9 Å². The zero-order chi connectivity index (χ0) is 16.2. The highest BCUT2D eigenvalue weighted by Crippen LogP contribution is 2.19. The molecule has 0 fully saturated rings. The Morgan fingerprint density at radius 3 is 2.86 bits per heavy atom. The summed E-state index contributed by atoms with van der Waals surface area (Å²) >= 11 is 0. The first kappa shape index (κ1) is 16.5. The summed E-state index contributed by atoms with van der Waals surface area (Å²) in [6.07, 6.45) is 4.55. The van der Waals surface area contributed by atoms with E-state index in [0.717, 1.165) is 16.6 Å². The van der Waals surface area contributed by atoms with Gasteiger partial charge in [0.25, 0.3) is 0 Å². The molecule has 0 unspecified atom stereocenters. The second-order valence-electron chi connectivity index (χ2n) is 6.84. The number of aliphatic hydroxyl groups excluding tert-OH is 1.